The fraction of sp³-hybridized carbons (Fsp3) is 0.0476. The summed E-state index contributed by atoms with van der Waals surface area (Å²) in [6, 6.07) is 16.8. The van der Waals surface area contributed by atoms with E-state index < -0.39 is 0 Å². The molecule has 0 aliphatic rings. The highest BCUT2D eigenvalue weighted by Gasteiger charge is 2.14. The molecule has 0 atom stereocenters. The number of hydrogen-bond acceptors (Lipinski definition) is 4. The van der Waals surface area contributed by atoms with Crippen LogP contribution in [0.25, 0.3) is 21.9 Å². The molecule has 1 amide bonds. The van der Waals surface area contributed by atoms with Crippen LogP contribution < -0.4 is 15.5 Å². The van der Waals surface area contributed by atoms with Gasteiger partial charge in [0.25, 0.3) is 5.91 Å². The molecule has 0 bridgehead atoms. The molecule has 0 aliphatic heterocycles. The molecule has 0 radical (unpaired) electrons. The van der Waals surface area contributed by atoms with Gasteiger partial charge in [0, 0.05) is 11.8 Å². The molecule has 1 heterocycles. The molecule has 1 aromatic heterocycles. The quantitative estimate of drug-likeness (QED) is 0.516. The van der Waals surface area contributed by atoms with Crippen LogP contribution in [0.1, 0.15) is 10.4 Å². The maximum Gasteiger partial charge on any atom is 0.259 e. The number of carbonyl (C=O) groups excluding carboxylic acids is 1. The van der Waals surface area contributed by atoms with Crippen molar-refractivity contribution < 1.29 is 13.9 Å². The highest BCUT2D eigenvalue weighted by atomic mass is 35.5. The average molecular weight is 380 g/mol. The van der Waals surface area contributed by atoms with E-state index in [0.29, 0.717) is 44.0 Å². The minimum Gasteiger partial charge on any atom is -0.496 e. The molecule has 6 heteroatoms. The van der Waals surface area contributed by atoms with Gasteiger partial charge in [-0.05, 0) is 36.4 Å². The molecule has 1 N–H and O–H groups in total. The minimum atomic E-state index is -0.326. The number of hydrogen-bond donors (Lipinski definition) is 1. The number of benzene rings is 3. The monoisotopic (exact) mass is 379 g/mol. The molecule has 134 valence electrons. The zero-order chi connectivity index (χ0) is 19.0. The summed E-state index contributed by atoms with van der Waals surface area (Å²) in [7, 11) is 1.51. The van der Waals surface area contributed by atoms with Crippen LogP contribution in [-0.2, 0) is 0 Å². The van der Waals surface area contributed by atoms with Gasteiger partial charge in [-0.25, -0.2) is 0 Å². The van der Waals surface area contributed by atoms with Gasteiger partial charge in [-0.3, -0.25) is 9.59 Å². The zero-order valence-electron chi connectivity index (χ0n) is 14.3. The number of ether oxygens (including phenoxy) is 1. The maximum atomic E-state index is 12.7. The molecule has 4 aromatic rings. The minimum absolute atomic E-state index is 0.170. The van der Waals surface area contributed by atoms with Crippen molar-refractivity contribution in [2.75, 3.05) is 12.4 Å². The fourth-order valence-corrected chi connectivity index (χ4v) is 3.16. The van der Waals surface area contributed by atoms with E-state index in [4.69, 9.17) is 20.8 Å². The molecule has 3 aromatic carbocycles. The van der Waals surface area contributed by atoms with Crippen LogP contribution in [0, 0.1) is 0 Å². The van der Waals surface area contributed by atoms with E-state index in [-0.39, 0.29) is 11.3 Å². The van der Waals surface area contributed by atoms with Crippen molar-refractivity contribution in [1.82, 2.24) is 0 Å². The Balaban J connectivity index is 1.77. The van der Waals surface area contributed by atoms with Gasteiger partial charge in [0.05, 0.1) is 28.5 Å². The number of nitrogens with one attached hydrogen (secondary N) is 1. The van der Waals surface area contributed by atoms with Gasteiger partial charge in [0.15, 0.2) is 5.58 Å². The van der Waals surface area contributed by atoms with Crippen LogP contribution in [0.2, 0.25) is 5.02 Å². The van der Waals surface area contributed by atoms with Gasteiger partial charge < -0.3 is 14.5 Å². The SMILES string of the molecule is COc1ccccc1C(=O)Nc1ccc2c(=O)c3cccc(Cl)c3oc2c1. The summed E-state index contributed by atoms with van der Waals surface area (Å²) < 4.78 is 11.0. The largest absolute Gasteiger partial charge is 0.496 e. The Bertz CT molecular complexity index is 1250. The lowest BCUT2D eigenvalue weighted by Gasteiger charge is -2.10. The van der Waals surface area contributed by atoms with Gasteiger partial charge in [-0.1, -0.05) is 29.8 Å². The van der Waals surface area contributed by atoms with Crippen molar-refractivity contribution in [2.45, 2.75) is 0 Å². The number of rotatable bonds is 3. The molecular formula is C21H14ClNO4. The van der Waals surface area contributed by atoms with Crippen molar-refractivity contribution >= 4 is 45.1 Å². The average Bonchev–Trinajstić information content (AvgIpc) is 2.69. The van der Waals surface area contributed by atoms with Crippen LogP contribution in [0.5, 0.6) is 5.75 Å². The standard InChI is InChI=1S/C21H14ClNO4/c1-26-17-8-3-2-5-14(17)21(25)23-12-9-10-13-18(11-12)27-20-15(19(13)24)6-4-7-16(20)22/h2-11H,1H3,(H,23,25). The summed E-state index contributed by atoms with van der Waals surface area (Å²) in [6.07, 6.45) is 0. The van der Waals surface area contributed by atoms with Crippen LogP contribution in [0.3, 0.4) is 0 Å². The normalized spacial score (nSPS) is 10.9. The first-order valence-electron chi connectivity index (χ1n) is 8.18. The highest BCUT2D eigenvalue weighted by molar-refractivity contribution is 6.34. The molecule has 0 fully saturated rings. The van der Waals surface area contributed by atoms with Gasteiger partial charge in [0.1, 0.15) is 11.3 Å². The first-order chi connectivity index (χ1) is 13.1. The summed E-state index contributed by atoms with van der Waals surface area (Å²) in [5.74, 6) is 0.146. The zero-order valence-corrected chi connectivity index (χ0v) is 15.0. The Kier molecular flexibility index (Phi) is 4.30. The van der Waals surface area contributed by atoms with Gasteiger partial charge in [-0.15, -0.1) is 0 Å². The molecule has 0 spiro atoms. The lowest BCUT2D eigenvalue weighted by atomic mass is 10.1. The number of para-hydroxylation sites is 2. The summed E-state index contributed by atoms with van der Waals surface area (Å²) in [5.41, 5.74) is 1.40. The smallest absolute Gasteiger partial charge is 0.259 e. The molecule has 0 saturated carbocycles. The second-order valence-corrected chi connectivity index (χ2v) is 6.32. The lowest BCUT2D eigenvalue weighted by molar-refractivity contribution is 0.102. The number of anilines is 1. The van der Waals surface area contributed by atoms with Crippen molar-refractivity contribution in [3.8, 4) is 5.75 Å². The Hall–Kier alpha value is -3.31. The van der Waals surface area contributed by atoms with Gasteiger partial charge in [0.2, 0.25) is 5.43 Å². The Morgan fingerprint density at radius 2 is 1.85 bits per heavy atom. The van der Waals surface area contributed by atoms with E-state index >= 15 is 0 Å². The second kappa shape index (κ2) is 6.78. The van der Waals surface area contributed by atoms with E-state index in [0.717, 1.165) is 0 Å². The third-order valence-electron chi connectivity index (χ3n) is 4.26. The summed E-state index contributed by atoms with van der Waals surface area (Å²) in [5, 5.41) is 3.98. The number of halogens is 1. The number of amides is 1. The lowest BCUT2D eigenvalue weighted by Crippen LogP contribution is -2.13. The third-order valence-corrected chi connectivity index (χ3v) is 4.56. The summed E-state index contributed by atoms with van der Waals surface area (Å²) in [4.78, 5) is 25.2. The van der Waals surface area contributed by atoms with E-state index in [2.05, 4.69) is 5.32 Å². The van der Waals surface area contributed by atoms with E-state index in [1.54, 1.807) is 60.7 Å². The summed E-state index contributed by atoms with van der Waals surface area (Å²) >= 11 is 6.15. The molecule has 27 heavy (non-hydrogen) atoms. The predicted molar refractivity (Wildman–Crippen MR) is 106 cm³/mol. The topological polar surface area (TPSA) is 68.5 Å². The van der Waals surface area contributed by atoms with Crippen LogP contribution in [0.15, 0.2) is 69.9 Å². The van der Waals surface area contributed by atoms with Gasteiger partial charge in [-0.2, -0.15) is 0 Å². The number of methoxy groups -OCH3 is 1. The number of fused-ring (bicyclic) bond motifs is 2. The number of carbonyl (C=O) groups is 1. The second-order valence-electron chi connectivity index (χ2n) is 5.91. The Labute approximate surface area is 159 Å². The highest BCUT2D eigenvalue weighted by Crippen LogP contribution is 2.27. The Morgan fingerprint density at radius 1 is 1.04 bits per heavy atom. The predicted octanol–water partition coefficient (Wildman–Crippen LogP) is 4.86. The van der Waals surface area contributed by atoms with Crippen LogP contribution >= 0.6 is 11.6 Å². The van der Waals surface area contributed by atoms with Crippen molar-refractivity contribution in [2.24, 2.45) is 0 Å². The molecule has 0 saturated heterocycles. The first-order valence-corrected chi connectivity index (χ1v) is 8.56. The molecule has 0 unspecified atom stereocenters. The first kappa shape index (κ1) is 17.1. The van der Waals surface area contributed by atoms with Crippen LogP contribution in [-0.4, -0.2) is 13.0 Å². The molecule has 4 rings (SSSR count). The third kappa shape index (κ3) is 3.02. The van der Waals surface area contributed by atoms with Crippen molar-refractivity contribution in [3.63, 3.8) is 0 Å². The van der Waals surface area contributed by atoms with E-state index in [9.17, 15) is 9.59 Å². The fourth-order valence-electron chi connectivity index (χ4n) is 2.95. The Morgan fingerprint density at radius 3 is 2.67 bits per heavy atom. The maximum absolute atomic E-state index is 12.7. The van der Waals surface area contributed by atoms with Crippen molar-refractivity contribution in [1.29, 1.82) is 0 Å². The molecular weight excluding hydrogens is 366 g/mol. The van der Waals surface area contributed by atoms with E-state index in [1.165, 1.54) is 7.11 Å². The van der Waals surface area contributed by atoms with Crippen molar-refractivity contribution in [3.05, 3.63) is 81.5 Å². The molecule has 0 aliphatic carbocycles. The summed E-state index contributed by atoms with van der Waals surface area (Å²) in [6.45, 7) is 0. The van der Waals surface area contributed by atoms with E-state index in [1.807, 2.05) is 0 Å². The van der Waals surface area contributed by atoms with Gasteiger partial charge >= 0.3 is 0 Å². The van der Waals surface area contributed by atoms with Crippen LogP contribution in [0.4, 0.5) is 5.69 Å². The molecule has 5 nitrogen and oxygen atoms in total.